The van der Waals surface area contributed by atoms with Crippen molar-refractivity contribution in [2.45, 2.75) is 27.2 Å². The number of hydrogen-bond donors (Lipinski definition) is 0. The molecule has 0 fully saturated rings. The van der Waals surface area contributed by atoms with E-state index in [4.69, 9.17) is 0 Å². The van der Waals surface area contributed by atoms with Gasteiger partial charge in [0, 0.05) is 11.3 Å². The lowest BCUT2D eigenvalue weighted by molar-refractivity contribution is 0.123. The standard InChI is InChI=1S/C21H17F4N.C2H6/c1-13-11-16(15-7-4-3-5-8-15)21(26(14(13)2)12-19(24)25)20-17(22)9-6-10-18(20)23;1-2/h3-11,19H,2,12H2,1H3;1-2H3. The fraction of sp³-hybridized carbons (Fsp3) is 0.217. The molecule has 2 aromatic rings. The minimum atomic E-state index is -2.69. The molecule has 1 nitrogen and oxygen atoms in total. The zero-order valence-corrected chi connectivity index (χ0v) is 16.1. The monoisotopic (exact) mass is 389 g/mol. The van der Waals surface area contributed by atoms with Gasteiger partial charge in [-0.1, -0.05) is 56.8 Å². The van der Waals surface area contributed by atoms with E-state index in [9.17, 15) is 17.6 Å². The quantitative estimate of drug-likeness (QED) is 0.514. The summed E-state index contributed by atoms with van der Waals surface area (Å²) in [6.07, 6.45) is -0.972. The summed E-state index contributed by atoms with van der Waals surface area (Å²) in [4.78, 5) is 1.20. The summed E-state index contributed by atoms with van der Waals surface area (Å²) in [7, 11) is 0. The van der Waals surface area contributed by atoms with Gasteiger partial charge in [-0.2, -0.15) is 0 Å². The predicted octanol–water partition coefficient (Wildman–Crippen LogP) is 6.90. The first-order chi connectivity index (χ1) is 13.4. The molecule has 0 aliphatic carbocycles. The fourth-order valence-electron chi connectivity index (χ4n) is 3.03. The predicted molar refractivity (Wildman–Crippen MR) is 107 cm³/mol. The number of alkyl halides is 2. The van der Waals surface area contributed by atoms with Crippen molar-refractivity contribution in [3.05, 3.63) is 95.2 Å². The van der Waals surface area contributed by atoms with Crippen LogP contribution < -0.4 is 0 Å². The highest BCUT2D eigenvalue weighted by Gasteiger charge is 2.30. The largest absolute Gasteiger partial charge is 0.335 e. The zero-order valence-electron chi connectivity index (χ0n) is 16.1. The highest BCUT2D eigenvalue weighted by atomic mass is 19.3. The SMILES string of the molecule is C=C1C(C)=CC(c2ccccc2)=C(c2c(F)cccc2F)N1CC(F)F.CC. The molecule has 1 aliphatic rings. The van der Waals surface area contributed by atoms with Crippen molar-refractivity contribution in [3.8, 4) is 0 Å². The maximum absolute atomic E-state index is 14.5. The van der Waals surface area contributed by atoms with Crippen LogP contribution in [0.25, 0.3) is 11.3 Å². The molecular weight excluding hydrogens is 366 g/mol. The fourth-order valence-corrected chi connectivity index (χ4v) is 3.03. The molecule has 0 aromatic heterocycles. The van der Waals surface area contributed by atoms with Crippen LogP contribution in [-0.4, -0.2) is 17.9 Å². The van der Waals surface area contributed by atoms with E-state index in [1.165, 1.54) is 11.0 Å². The van der Waals surface area contributed by atoms with Crippen molar-refractivity contribution in [2.24, 2.45) is 0 Å². The number of allylic oxidation sites excluding steroid dienone is 3. The second kappa shape index (κ2) is 9.40. The number of benzene rings is 2. The maximum atomic E-state index is 14.5. The van der Waals surface area contributed by atoms with Crippen LogP contribution >= 0.6 is 0 Å². The third kappa shape index (κ3) is 4.35. The number of halogens is 4. The normalized spacial score (nSPS) is 14.1. The molecule has 5 heteroatoms. The molecule has 1 aliphatic heterocycles. The van der Waals surface area contributed by atoms with Gasteiger partial charge in [0.05, 0.1) is 17.8 Å². The molecule has 0 saturated heterocycles. The van der Waals surface area contributed by atoms with Gasteiger partial charge in [-0.15, -0.1) is 0 Å². The third-order valence-electron chi connectivity index (χ3n) is 4.27. The van der Waals surface area contributed by atoms with Crippen molar-refractivity contribution in [2.75, 3.05) is 6.54 Å². The minimum absolute atomic E-state index is 0.0581. The van der Waals surface area contributed by atoms with Crippen LogP contribution in [0.3, 0.4) is 0 Å². The number of rotatable bonds is 4. The summed E-state index contributed by atoms with van der Waals surface area (Å²) in [5.74, 6) is -1.62. The summed E-state index contributed by atoms with van der Waals surface area (Å²) in [5, 5.41) is 0. The molecule has 0 atom stereocenters. The van der Waals surface area contributed by atoms with Gasteiger partial charge in [0.25, 0.3) is 6.43 Å². The average Bonchev–Trinajstić information content (AvgIpc) is 2.68. The second-order valence-electron chi connectivity index (χ2n) is 6.00. The Labute approximate surface area is 163 Å². The average molecular weight is 389 g/mol. The van der Waals surface area contributed by atoms with Gasteiger partial charge >= 0.3 is 0 Å². The maximum Gasteiger partial charge on any atom is 0.256 e. The Morgan fingerprint density at radius 3 is 2.04 bits per heavy atom. The smallest absolute Gasteiger partial charge is 0.256 e. The Morgan fingerprint density at radius 2 is 1.50 bits per heavy atom. The van der Waals surface area contributed by atoms with Crippen molar-refractivity contribution < 1.29 is 17.6 Å². The van der Waals surface area contributed by atoms with Gasteiger partial charge in [-0.25, -0.2) is 17.6 Å². The Hall–Kier alpha value is -2.82. The summed E-state index contributed by atoms with van der Waals surface area (Å²) < 4.78 is 55.5. The molecule has 28 heavy (non-hydrogen) atoms. The molecule has 0 spiro atoms. The molecule has 2 aromatic carbocycles. The Kier molecular flexibility index (Phi) is 7.21. The molecular formula is C23H23F4N. The van der Waals surface area contributed by atoms with E-state index < -0.39 is 24.6 Å². The summed E-state index contributed by atoms with van der Waals surface area (Å²) in [6, 6.07) is 12.4. The highest BCUT2D eigenvalue weighted by Crippen LogP contribution is 2.41. The van der Waals surface area contributed by atoms with Crippen LogP contribution in [0.2, 0.25) is 0 Å². The summed E-state index contributed by atoms with van der Waals surface area (Å²) in [6.45, 7) is 8.87. The van der Waals surface area contributed by atoms with Gasteiger partial charge in [0.15, 0.2) is 0 Å². The first-order valence-corrected chi connectivity index (χ1v) is 9.07. The van der Waals surface area contributed by atoms with E-state index >= 15 is 0 Å². The van der Waals surface area contributed by atoms with Crippen LogP contribution in [0.15, 0.2) is 72.5 Å². The molecule has 0 radical (unpaired) electrons. The number of hydrogen-bond acceptors (Lipinski definition) is 1. The van der Waals surface area contributed by atoms with Crippen LogP contribution in [-0.2, 0) is 0 Å². The second-order valence-corrected chi connectivity index (χ2v) is 6.00. The molecule has 3 rings (SSSR count). The van der Waals surface area contributed by atoms with Crippen LogP contribution in [0, 0.1) is 11.6 Å². The van der Waals surface area contributed by atoms with E-state index in [1.807, 2.05) is 19.9 Å². The summed E-state index contributed by atoms with van der Waals surface area (Å²) in [5.41, 5.74) is 1.82. The van der Waals surface area contributed by atoms with E-state index in [2.05, 4.69) is 6.58 Å². The molecule has 0 amide bonds. The minimum Gasteiger partial charge on any atom is -0.335 e. The van der Waals surface area contributed by atoms with Crippen molar-refractivity contribution in [3.63, 3.8) is 0 Å². The molecule has 0 unspecified atom stereocenters. The first kappa shape index (κ1) is 21.5. The van der Waals surface area contributed by atoms with Gasteiger partial charge < -0.3 is 4.90 Å². The van der Waals surface area contributed by atoms with Gasteiger partial charge in [0.2, 0.25) is 0 Å². The lowest BCUT2D eigenvalue weighted by atomic mass is 9.91. The summed E-state index contributed by atoms with van der Waals surface area (Å²) >= 11 is 0. The van der Waals surface area contributed by atoms with Gasteiger partial charge in [-0.3, -0.25) is 0 Å². The van der Waals surface area contributed by atoms with E-state index in [-0.39, 0.29) is 11.3 Å². The van der Waals surface area contributed by atoms with Crippen molar-refractivity contribution in [1.82, 2.24) is 4.90 Å². The Morgan fingerprint density at radius 1 is 0.929 bits per heavy atom. The number of nitrogens with zero attached hydrogens (tertiary/aromatic N) is 1. The van der Waals surface area contributed by atoms with E-state index in [0.717, 1.165) is 12.1 Å². The van der Waals surface area contributed by atoms with Crippen LogP contribution in [0.5, 0.6) is 0 Å². The first-order valence-electron chi connectivity index (χ1n) is 9.07. The lowest BCUT2D eigenvalue weighted by Crippen LogP contribution is -2.30. The van der Waals surface area contributed by atoms with Crippen molar-refractivity contribution >= 4 is 11.3 Å². The lowest BCUT2D eigenvalue weighted by Gasteiger charge is -2.35. The van der Waals surface area contributed by atoms with E-state index in [0.29, 0.717) is 22.4 Å². The zero-order chi connectivity index (χ0) is 20.8. The molecule has 0 bridgehead atoms. The van der Waals surface area contributed by atoms with Crippen molar-refractivity contribution in [1.29, 1.82) is 0 Å². The Balaban J connectivity index is 0.00000136. The van der Waals surface area contributed by atoms with E-state index in [1.54, 1.807) is 37.3 Å². The highest BCUT2D eigenvalue weighted by molar-refractivity contribution is 5.97. The Bertz CT molecular complexity index is 878. The molecule has 148 valence electrons. The third-order valence-corrected chi connectivity index (χ3v) is 4.27. The topological polar surface area (TPSA) is 3.24 Å². The molecule has 1 heterocycles. The van der Waals surface area contributed by atoms with Gasteiger partial charge in [-0.05, 0) is 36.3 Å². The molecule has 0 saturated carbocycles. The van der Waals surface area contributed by atoms with Gasteiger partial charge in [0.1, 0.15) is 11.6 Å². The molecule has 0 N–H and O–H groups in total. The van der Waals surface area contributed by atoms with Crippen LogP contribution in [0.4, 0.5) is 17.6 Å². The van der Waals surface area contributed by atoms with Crippen LogP contribution in [0.1, 0.15) is 31.9 Å².